The monoisotopic (exact) mass is 372 g/mol. The van der Waals surface area contributed by atoms with Crippen LogP contribution in [0.1, 0.15) is 11.1 Å². The number of anilines is 1. The molecule has 0 radical (unpaired) electrons. The molecule has 2 rings (SSSR count). The lowest BCUT2D eigenvalue weighted by Crippen LogP contribution is -2.14. The van der Waals surface area contributed by atoms with Gasteiger partial charge in [-0.05, 0) is 48.4 Å². The Balaban J connectivity index is 2.35. The number of carbonyl (C=O) groups is 1. The van der Waals surface area contributed by atoms with Crippen LogP contribution < -0.4 is 14.8 Å². The highest BCUT2D eigenvalue weighted by Crippen LogP contribution is 2.35. The molecule has 0 aliphatic heterocycles. The van der Waals surface area contributed by atoms with Gasteiger partial charge in [0.1, 0.15) is 17.4 Å². The van der Waals surface area contributed by atoms with Gasteiger partial charge in [0.25, 0.3) is 5.91 Å². The number of aryl methyl sites for hydroxylation is 1. The average Bonchev–Trinajstić information content (AvgIpc) is 2.62. The number of aromatic hydroxyl groups is 1. The molecule has 6 nitrogen and oxygen atoms in total. The van der Waals surface area contributed by atoms with Crippen molar-refractivity contribution in [3.05, 3.63) is 52.1 Å². The van der Waals surface area contributed by atoms with Gasteiger partial charge in [0.05, 0.1) is 24.9 Å². The van der Waals surface area contributed by atoms with Crippen LogP contribution in [0.3, 0.4) is 0 Å². The molecule has 26 heavy (non-hydrogen) atoms. The first-order valence-corrected chi connectivity index (χ1v) is 7.91. The van der Waals surface area contributed by atoms with Gasteiger partial charge in [-0.15, -0.1) is 0 Å². The molecule has 2 aromatic carbocycles. The Hall–Kier alpha value is -3.17. The summed E-state index contributed by atoms with van der Waals surface area (Å²) < 4.78 is 10.2. The average molecular weight is 373 g/mol. The van der Waals surface area contributed by atoms with Gasteiger partial charge in [-0.1, -0.05) is 17.7 Å². The minimum Gasteiger partial charge on any atom is -0.503 e. The minimum atomic E-state index is -0.598. The Labute approximate surface area is 156 Å². The number of phenols is 1. The van der Waals surface area contributed by atoms with E-state index in [1.54, 1.807) is 12.1 Å². The minimum absolute atomic E-state index is 0.0497. The standard InChI is InChI=1S/C19H17ClN2O4/c1-11-4-5-16(25-2)15(6-11)22-19(24)13(10-21)7-12-8-14(20)18(23)17(9-12)26-3/h4-9,23H,1-3H3,(H,22,24)/b13-7+. The molecule has 0 aromatic heterocycles. The Kier molecular flexibility index (Phi) is 6.10. The second-order valence-corrected chi connectivity index (χ2v) is 5.79. The summed E-state index contributed by atoms with van der Waals surface area (Å²) in [5.41, 5.74) is 1.68. The smallest absolute Gasteiger partial charge is 0.266 e. The number of hydrogen-bond acceptors (Lipinski definition) is 5. The molecule has 0 unspecified atom stereocenters. The summed E-state index contributed by atoms with van der Waals surface area (Å²) in [4.78, 5) is 12.5. The number of nitrogens with one attached hydrogen (secondary N) is 1. The fraction of sp³-hybridized carbons (Fsp3) is 0.158. The van der Waals surface area contributed by atoms with Crippen LogP contribution in [0.15, 0.2) is 35.9 Å². The predicted molar refractivity (Wildman–Crippen MR) is 99.6 cm³/mol. The maximum Gasteiger partial charge on any atom is 0.266 e. The first kappa shape index (κ1) is 19.2. The third kappa shape index (κ3) is 4.26. The van der Waals surface area contributed by atoms with E-state index in [2.05, 4.69) is 5.32 Å². The second kappa shape index (κ2) is 8.28. The highest BCUT2D eigenvalue weighted by Gasteiger charge is 2.14. The number of rotatable bonds is 5. The summed E-state index contributed by atoms with van der Waals surface area (Å²) in [6.45, 7) is 1.88. The van der Waals surface area contributed by atoms with E-state index in [9.17, 15) is 15.2 Å². The van der Waals surface area contributed by atoms with Crippen LogP contribution in [-0.4, -0.2) is 25.2 Å². The van der Waals surface area contributed by atoms with Crippen molar-refractivity contribution in [2.75, 3.05) is 19.5 Å². The van der Waals surface area contributed by atoms with Gasteiger partial charge in [0.15, 0.2) is 11.5 Å². The van der Waals surface area contributed by atoms with Crippen LogP contribution in [0.2, 0.25) is 5.02 Å². The van der Waals surface area contributed by atoms with E-state index in [1.807, 2.05) is 19.1 Å². The van der Waals surface area contributed by atoms with Crippen LogP contribution in [-0.2, 0) is 4.79 Å². The van der Waals surface area contributed by atoms with Crippen molar-refractivity contribution in [1.29, 1.82) is 5.26 Å². The molecular formula is C19H17ClN2O4. The van der Waals surface area contributed by atoms with Gasteiger partial charge >= 0.3 is 0 Å². The number of halogens is 1. The van der Waals surface area contributed by atoms with Gasteiger partial charge in [0.2, 0.25) is 0 Å². The predicted octanol–water partition coefficient (Wildman–Crippen LogP) is 3.92. The van der Waals surface area contributed by atoms with Gasteiger partial charge in [0, 0.05) is 0 Å². The number of hydrogen-bond donors (Lipinski definition) is 2. The lowest BCUT2D eigenvalue weighted by Gasteiger charge is -2.11. The summed E-state index contributed by atoms with van der Waals surface area (Å²) in [6, 6.07) is 10.1. The van der Waals surface area contributed by atoms with Crippen LogP contribution in [0.25, 0.3) is 6.08 Å². The number of phenolic OH excluding ortho intramolecular Hbond substituents is 1. The first-order chi connectivity index (χ1) is 12.4. The molecule has 134 valence electrons. The van der Waals surface area contributed by atoms with E-state index in [1.165, 1.54) is 32.4 Å². The molecule has 0 heterocycles. The van der Waals surface area contributed by atoms with E-state index >= 15 is 0 Å². The Bertz CT molecular complexity index is 916. The maximum absolute atomic E-state index is 12.5. The third-order valence-corrected chi connectivity index (χ3v) is 3.84. The number of benzene rings is 2. The van der Waals surface area contributed by atoms with Gasteiger partial charge < -0.3 is 19.9 Å². The third-order valence-electron chi connectivity index (χ3n) is 3.55. The number of methoxy groups -OCH3 is 2. The molecule has 0 fully saturated rings. The van der Waals surface area contributed by atoms with Gasteiger partial charge in [-0.2, -0.15) is 5.26 Å². The van der Waals surface area contributed by atoms with Crippen molar-refractivity contribution < 1.29 is 19.4 Å². The van der Waals surface area contributed by atoms with E-state index in [0.29, 0.717) is 17.0 Å². The fourth-order valence-electron chi connectivity index (χ4n) is 2.26. The molecule has 0 atom stereocenters. The van der Waals surface area contributed by atoms with E-state index < -0.39 is 5.91 Å². The molecule has 1 amide bonds. The van der Waals surface area contributed by atoms with E-state index in [4.69, 9.17) is 21.1 Å². The zero-order valence-electron chi connectivity index (χ0n) is 14.5. The largest absolute Gasteiger partial charge is 0.503 e. The van der Waals surface area contributed by atoms with Crippen molar-refractivity contribution in [2.24, 2.45) is 0 Å². The molecule has 2 N–H and O–H groups in total. The van der Waals surface area contributed by atoms with Crippen molar-refractivity contribution in [1.82, 2.24) is 0 Å². The van der Waals surface area contributed by atoms with Crippen molar-refractivity contribution in [3.63, 3.8) is 0 Å². The molecular weight excluding hydrogens is 356 g/mol. The Morgan fingerprint density at radius 2 is 1.92 bits per heavy atom. The van der Waals surface area contributed by atoms with Crippen LogP contribution >= 0.6 is 11.6 Å². The molecule has 7 heteroatoms. The van der Waals surface area contributed by atoms with E-state index in [0.717, 1.165) is 5.56 Å². The topological polar surface area (TPSA) is 91.6 Å². The summed E-state index contributed by atoms with van der Waals surface area (Å²) in [5, 5.41) is 21.8. The number of carbonyl (C=O) groups excluding carboxylic acids is 1. The lowest BCUT2D eigenvalue weighted by molar-refractivity contribution is -0.112. The molecule has 2 aromatic rings. The highest BCUT2D eigenvalue weighted by molar-refractivity contribution is 6.32. The molecule has 0 saturated heterocycles. The zero-order chi connectivity index (χ0) is 19.3. The summed E-state index contributed by atoms with van der Waals surface area (Å²) in [7, 11) is 2.87. The van der Waals surface area contributed by atoms with Crippen LogP contribution in [0.4, 0.5) is 5.69 Å². The molecule has 0 bridgehead atoms. The Morgan fingerprint density at radius 3 is 2.54 bits per heavy atom. The Morgan fingerprint density at radius 1 is 1.23 bits per heavy atom. The lowest BCUT2D eigenvalue weighted by atomic mass is 10.1. The zero-order valence-corrected chi connectivity index (χ0v) is 15.2. The molecule has 0 aliphatic rings. The van der Waals surface area contributed by atoms with Crippen molar-refractivity contribution >= 4 is 29.3 Å². The van der Waals surface area contributed by atoms with Crippen molar-refractivity contribution in [3.8, 4) is 23.3 Å². The number of nitrogens with zero attached hydrogens (tertiary/aromatic N) is 1. The van der Waals surface area contributed by atoms with Crippen molar-refractivity contribution in [2.45, 2.75) is 6.92 Å². The summed E-state index contributed by atoms with van der Waals surface area (Å²) in [5.74, 6) is -0.185. The normalized spacial score (nSPS) is 10.8. The van der Waals surface area contributed by atoms with Gasteiger partial charge in [-0.3, -0.25) is 4.79 Å². The number of amides is 1. The maximum atomic E-state index is 12.5. The summed E-state index contributed by atoms with van der Waals surface area (Å²) in [6.07, 6.45) is 1.35. The molecule has 0 saturated carbocycles. The van der Waals surface area contributed by atoms with E-state index in [-0.39, 0.29) is 22.1 Å². The first-order valence-electron chi connectivity index (χ1n) is 7.54. The van der Waals surface area contributed by atoms with Crippen LogP contribution in [0, 0.1) is 18.3 Å². The quantitative estimate of drug-likeness (QED) is 0.613. The number of ether oxygens (including phenoxy) is 2. The fourth-order valence-corrected chi connectivity index (χ4v) is 2.48. The SMILES string of the molecule is COc1ccc(C)cc1NC(=O)/C(C#N)=C/c1cc(Cl)c(O)c(OC)c1. The highest BCUT2D eigenvalue weighted by atomic mass is 35.5. The molecule has 0 aliphatic carbocycles. The number of nitriles is 1. The van der Waals surface area contributed by atoms with Gasteiger partial charge in [-0.25, -0.2) is 0 Å². The second-order valence-electron chi connectivity index (χ2n) is 5.38. The summed E-state index contributed by atoms with van der Waals surface area (Å²) >= 11 is 5.93. The molecule has 0 spiro atoms. The van der Waals surface area contributed by atoms with Crippen LogP contribution in [0.5, 0.6) is 17.2 Å².